The van der Waals surface area contributed by atoms with Crippen molar-refractivity contribution >= 4 is 17.8 Å². The summed E-state index contributed by atoms with van der Waals surface area (Å²) in [6, 6.07) is -0.717. The molecule has 0 bridgehead atoms. The summed E-state index contributed by atoms with van der Waals surface area (Å²) in [4.78, 5) is 35.6. The van der Waals surface area contributed by atoms with Crippen LogP contribution in [0.2, 0.25) is 0 Å². The summed E-state index contributed by atoms with van der Waals surface area (Å²) in [5.74, 6) is -0.245. The van der Waals surface area contributed by atoms with Crippen molar-refractivity contribution in [2.24, 2.45) is 5.41 Å². The number of esters is 1. The van der Waals surface area contributed by atoms with Gasteiger partial charge in [-0.3, -0.25) is 9.69 Å². The molecule has 0 aromatic carbocycles. The number of nitrogens with zero attached hydrogens (tertiary/aromatic N) is 1. The standard InChI is InChI=1S/C13H19NO5/c1-2-19-11(16)10-7-13(8-14(10)12(17)18)5-3-9(15)4-6-13/h10H,2-8H2,1H3,(H,17,18). The number of hydrogen-bond acceptors (Lipinski definition) is 4. The molecule has 0 aromatic heterocycles. The minimum atomic E-state index is -1.09. The second-order valence-electron chi connectivity index (χ2n) is 5.42. The van der Waals surface area contributed by atoms with E-state index in [9.17, 15) is 19.5 Å². The highest BCUT2D eigenvalue weighted by molar-refractivity contribution is 5.82. The number of ether oxygens (including phenoxy) is 1. The smallest absolute Gasteiger partial charge is 0.408 e. The fourth-order valence-corrected chi connectivity index (χ4v) is 3.13. The Morgan fingerprint density at radius 1 is 1.42 bits per heavy atom. The molecule has 19 heavy (non-hydrogen) atoms. The molecule has 0 radical (unpaired) electrons. The number of carbonyl (C=O) groups excluding carboxylic acids is 2. The molecule has 1 aliphatic carbocycles. The number of rotatable bonds is 2. The molecule has 6 nitrogen and oxygen atoms in total. The Kier molecular flexibility index (Phi) is 3.78. The quantitative estimate of drug-likeness (QED) is 0.767. The molecule has 1 atom stereocenters. The molecule has 1 spiro atoms. The lowest BCUT2D eigenvalue weighted by atomic mass is 9.72. The summed E-state index contributed by atoms with van der Waals surface area (Å²) >= 11 is 0. The first-order chi connectivity index (χ1) is 8.97. The van der Waals surface area contributed by atoms with E-state index in [4.69, 9.17) is 4.74 Å². The third-order valence-corrected chi connectivity index (χ3v) is 4.18. The van der Waals surface area contributed by atoms with E-state index < -0.39 is 18.1 Å². The highest BCUT2D eigenvalue weighted by Gasteiger charge is 2.50. The van der Waals surface area contributed by atoms with Gasteiger partial charge in [0.2, 0.25) is 0 Å². The van der Waals surface area contributed by atoms with E-state index >= 15 is 0 Å². The zero-order valence-electron chi connectivity index (χ0n) is 11.1. The summed E-state index contributed by atoms with van der Waals surface area (Å²) < 4.78 is 4.95. The SMILES string of the molecule is CCOC(=O)C1CC2(CCC(=O)CC2)CN1C(=O)O. The first-order valence-corrected chi connectivity index (χ1v) is 6.65. The van der Waals surface area contributed by atoms with Crippen LogP contribution < -0.4 is 0 Å². The molecule has 2 rings (SSSR count). The van der Waals surface area contributed by atoms with Gasteiger partial charge in [0.1, 0.15) is 11.8 Å². The van der Waals surface area contributed by atoms with Gasteiger partial charge in [-0.1, -0.05) is 0 Å². The number of likely N-dealkylation sites (tertiary alicyclic amines) is 1. The predicted octanol–water partition coefficient (Wildman–Crippen LogP) is 1.43. The minimum Gasteiger partial charge on any atom is -0.465 e. The normalized spacial score (nSPS) is 25.6. The molecular weight excluding hydrogens is 250 g/mol. The van der Waals surface area contributed by atoms with Gasteiger partial charge >= 0.3 is 12.1 Å². The Morgan fingerprint density at radius 3 is 2.58 bits per heavy atom. The van der Waals surface area contributed by atoms with Crippen molar-refractivity contribution in [2.45, 2.75) is 45.1 Å². The van der Waals surface area contributed by atoms with Crippen LogP contribution in [0.5, 0.6) is 0 Å². The molecule has 2 aliphatic rings. The average Bonchev–Trinajstić information content (AvgIpc) is 2.74. The summed E-state index contributed by atoms with van der Waals surface area (Å²) in [5, 5.41) is 9.22. The second-order valence-corrected chi connectivity index (χ2v) is 5.42. The van der Waals surface area contributed by atoms with Crippen molar-refractivity contribution in [3.05, 3.63) is 0 Å². The van der Waals surface area contributed by atoms with Crippen LogP contribution in [0.3, 0.4) is 0 Å². The molecule has 0 aromatic rings. The van der Waals surface area contributed by atoms with Crippen molar-refractivity contribution in [1.82, 2.24) is 4.90 Å². The van der Waals surface area contributed by atoms with Gasteiger partial charge < -0.3 is 9.84 Å². The highest BCUT2D eigenvalue weighted by atomic mass is 16.5. The third-order valence-electron chi connectivity index (χ3n) is 4.18. The topological polar surface area (TPSA) is 83.9 Å². The van der Waals surface area contributed by atoms with Crippen molar-refractivity contribution < 1.29 is 24.2 Å². The van der Waals surface area contributed by atoms with E-state index in [0.717, 1.165) is 0 Å². The Bertz CT molecular complexity index is 396. The van der Waals surface area contributed by atoms with Crippen molar-refractivity contribution in [3.8, 4) is 0 Å². The van der Waals surface area contributed by atoms with Crippen molar-refractivity contribution in [3.63, 3.8) is 0 Å². The van der Waals surface area contributed by atoms with Crippen LogP contribution in [0, 0.1) is 5.41 Å². The molecular formula is C13H19NO5. The van der Waals surface area contributed by atoms with Crippen molar-refractivity contribution in [1.29, 1.82) is 0 Å². The molecule has 1 heterocycles. The lowest BCUT2D eigenvalue weighted by Crippen LogP contribution is -2.40. The first kappa shape index (κ1) is 13.8. The minimum absolute atomic E-state index is 0.219. The van der Waals surface area contributed by atoms with Gasteiger partial charge in [-0.25, -0.2) is 9.59 Å². The van der Waals surface area contributed by atoms with Crippen LogP contribution in [0.25, 0.3) is 0 Å². The lowest BCUT2D eigenvalue weighted by molar-refractivity contribution is -0.147. The summed E-state index contributed by atoms with van der Waals surface area (Å²) in [6.45, 7) is 2.28. The number of Topliss-reactive ketones (excluding diaryl/α,β-unsaturated/α-hetero) is 1. The lowest BCUT2D eigenvalue weighted by Gasteiger charge is -2.31. The van der Waals surface area contributed by atoms with Crippen LogP contribution in [0.4, 0.5) is 4.79 Å². The van der Waals surface area contributed by atoms with Gasteiger partial charge in [0.15, 0.2) is 0 Å². The van der Waals surface area contributed by atoms with Gasteiger partial charge in [-0.2, -0.15) is 0 Å². The highest BCUT2D eigenvalue weighted by Crippen LogP contribution is 2.45. The number of carboxylic acid groups (broad SMARTS) is 1. The van der Waals surface area contributed by atoms with E-state index in [2.05, 4.69) is 0 Å². The van der Waals surface area contributed by atoms with Gasteiger partial charge in [-0.15, -0.1) is 0 Å². The van der Waals surface area contributed by atoms with Crippen LogP contribution in [0.1, 0.15) is 39.0 Å². The van der Waals surface area contributed by atoms with Gasteiger partial charge in [0, 0.05) is 19.4 Å². The largest absolute Gasteiger partial charge is 0.465 e. The number of hydrogen-bond donors (Lipinski definition) is 1. The maximum atomic E-state index is 11.9. The van der Waals surface area contributed by atoms with E-state index in [-0.39, 0.29) is 17.8 Å². The summed E-state index contributed by atoms with van der Waals surface area (Å²) in [7, 11) is 0. The Hall–Kier alpha value is -1.59. The molecule has 2 fully saturated rings. The molecule has 1 amide bonds. The zero-order chi connectivity index (χ0) is 14.0. The number of carbonyl (C=O) groups is 3. The molecule has 106 valence electrons. The van der Waals surface area contributed by atoms with Crippen molar-refractivity contribution in [2.75, 3.05) is 13.2 Å². The average molecular weight is 269 g/mol. The molecule has 6 heteroatoms. The van der Waals surface area contributed by atoms with E-state index in [1.165, 1.54) is 4.90 Å². The molecule has 1 saturated carbocycles. The maximum absolute atomic E-state index is 11.9. The van der Waals surface area contributed by atoms with Crippen LogP contribution >= 0.6 is 0 Å². The van der Waals surface area contributed by atoms with Crippen LogP contribution in [-0.2, 0) is 14.3 Å². The molecule has 1 saturated heterocycles. The van der Waals surface area contributed by atoms with E-state index in [1.807, 2.05) is 0 Å². The predicted molar refractivity (Wildman–Crippen MR) is 65.7 cm³/mol. The maximum Gasteiger partial charge on any atom is 0.408 e. The van der Waals surface area contributed by atoms with E-state index in [1.54, 1.807) is 6.92 Å². The number of amides is 1. The third kappa shape index (κ3) is 2.72. The molecule has 1 unspecified atom stereocenters. The van der Waals surface area contributed by atoms with Crippen LogP contribution in [-0.4, -0.2) is 47.0 Å². The van der Waals surface area contributed by atoms with E-state index in [0.29, 0.717) is 38.6 Å². The molecule has 1 N–H and O–H groups in total. The first-order valence-electron chi connectivity index (χ1n) is 6.65. The Balaban J connectivity index is 2.13. The van der Waals surface area contributed by atoms with Crippen LogP contribution in [0.15, 0.2) is 0 Å². The van der Waals surface area contributed by atoms with Gasteiger partial charge in [0.25, 0.3) is 0 Å². The summed E-state index contributed by atoms with van der Waals surface area (Å²) in [6.07, 6.45) is 1.71. The monoisotopic (exact) mass is 269 g/mol. The zero-order valence-corrected chi connectivity index (χ0v) is 11.1. The fraction of sp³-hybridized carbons (Fsp3) is 0.769. The van der Waals surface area contributed by atoms with Gasteiger partial charge in [0.05, 0.1) is 6.61 Å². The number of ketones is 1. The van der Waals surface area contributed by atoms with Gasteiger partial charge in [-0.05, 0) is 31.6 Å². The summed E-state index contributed by atoms with van der Waals surface area (Å²) in [5.41, 5.74) is -0.219. The fourth-order valence-electron chi connectivity index (χ4n) is 3.13. The Labute approximate surface area is 111 Å². The molecule has 1 aliphatic heterocycles. The second kappa shape index (κ2) is 5.19. The Morgan fingerprint density at radius 2 is 2.05 bits per heavy atom.